The highest BCUT2D eigenvalue weighted by Gasteiger charge is 2.08. The van der Waals surface area contributed by atoms with Gasteiger partial charge in [0.25, 0.3) is 0 Å². The van der Waals surface area contributed by atoms with Gasteiger partial charge in [0.05, 0.1) is 6.20 Å². The van der Waals surface area contributed by atoms with Gasteiger partial charge in [0.2, 0.25) is 10.4 Å². The molecular weight excluding hydrogens is 260 g/mol. The van der Waals surface area contributed by atoms with Gasteiger partial charge in [-0.1, -0.05) is 6.07 Å². The third kappa shape index (κ3) is 2.06. The van der Waals surface area contributed by atoms with Crippen LogP contribution in [-0.4, -0.2) is 29.8 Å². The second-order valence-corrected chi connectivity index (χ2v) is 4.40. The van der Waals surface area contributed by atoms with Crippen LogP contribution < -0.4 is 0 Å². The summed E-state index contributed by atoms with van der Waals surface area (Å²) in [6.45, 7) is 0. The highest BCUT2D eigenvalue weighted by molar-refractivity contribution is 7.99. The van der Waals surface area contributed by atoms with Gasteiger partial charge in [0.15, 0.2) is 5.65 Å². The van der Waals surface area contributed by atoms with Crippen LogP contribution in [0.4, 0.5) is 0 Å². The zero-order chi connectivity index (χ0) is 11.7. The number of pyridine rings is 1. The lowest BCUT2D eigenvalue weighted by atomic mass is 10.5. The molecule has 17 heavy (non-hydrogen) atoms. The molecular formula is C9H5ClN6S. The van der Waals surface area contributed by atoms with Crippen molar-refractivity contribution in [3.63, 3.8) is 0 Å². The van der Waals surface area contributed by atoms with Gasteiger partial charge in [0.1, 0.15) is 5.03 Å². The average Bonchev–Trinajstić information content (AvgIpc) is 2.73. The second kappa shape index (κ2) is 4.27. The van der Waals surface area contributed by atoms with Crippen molar-refractivity contribution in [2.24, 2.45) is 0 Å². The van der Waals surface area contributed by atoms with E-state index in [4.69, 9.17) is 11.6 Å². The Hall–Kier alpha value is -1.73. The Balaban J connectivity index is 2.00. The van der Waals surface area contributed by atoms with Gasteiger partial charge in [-0.25, -0.2) is 4.98 Å². The lowest BCUT2D eigenvalue weighted by Crippen LogP contribution is -1.91. The Kier molecular flexibility index (Phi) is 2.62. The third-order valence-electron chi connectivity index (χ3n) is 1.99. The van der Waals surface area contributed by atoms with Crippen LogP contribution in [0.25, 0.3) is 5.65 Å². The molecule has 0 N–H and O–H groups in total. The van der Waals surface area contributed by atoms with Gasteiger partial charge in [-0.3, -0.25) is 4.40 Å². The third-order valence-corrected chi connectivity index (χ3v) is 3.02. The van der Waals surface area contributed by atoms with E-state index in [0.717, 1.165) is 5.65 Å². The van der Waals surface area contributed by atoms with E-state index in [2.05, 4.69) is 25.4 Å². The lowest BCUT2D eigenvalue weighted by Gasteiger charge is -1.98. The SMILES string of the molecule is Clc1nncc(Sc2nnc3ccccn23)n1. The largest absolute Gasteiger partial charge is 0.277 e. The monoisotopic (exact) mass is 264 g/mol. The van der Waals surface area contributed by atoms with E-state index < -0.39 is 0 Å². The fourth-order valence-corrected chi connectivity index (χ4v) is 2.24. The first-order valence-corrected chi connectivity index (χ1v) is 5.85. The molecule has 0 bridgehead atoms. The maximum atomic E-state index is 5.66. The minimum atomic E-state index is 0.115. The molecule has 3 aromatic rings. The van der Waals surface area contributed by atoms with Crippen molar-refractivity contribution in [3.8, 4) is 0 Å². The van der Waals surface area contributed by atoms with Crippen LogP contribution in [0.3, 0.4) is 0 Å². The number of hydrogen-bond acceptors (Lipinski definition) is 6. The zero-order valence-corrected chi connectivity index (χ0v) is 9.93. The molecule has 0 saturated carbocycles. The molecule has 84 valence electrons. The molecule has 0 aliphatic rings. The molecule has 8 heteroatoms. The minimum absolute atomic E-state index is 0.115. The normalized spacial score (nSPS) is 10.9. The van der Waals surface area contributed by atoms with Gasteiger partial charge in [-0.15, -0.1) is 15.3 Å². The van der Waals surface area contributed by atoms with Crippen molar-refractivity contribution in [1.29, 1.82) is 0 Å². The second-order valence-electron chi connectivity index (χ2n) is 3.08. The predicted molar refractivity (Wildman–Crippen MR) is 61.9 cm³/mol. The number of nitrogens with zero attached hydrogens (tertiary/aromatic N) is 6. The van der Waals surface area contributed by atoms with Gasteiger partial charge >= 0.3 is 0 Å². The van der Waals surface area contributed by atoms with Crippen LogP contribution in [0.2, 0.25) is 5.28 Å². The number of halogens is 1. The highest BCUT2D eigenvalue weighted by Crippen LogP contribution is 2.24. The van der Waals surface area contributed by atoms with Gasteiger partial charge in [0, 0.05) is 6.20 Å². The standard InChI is InChI=1S/C9H5ClN6S/c10-8-12-7(5-11-14-8)17-9-15-13-6-3-1-2-4-16(6)9/h1-5H. The van der Waals surface area contributed by atoms with E-state index in [1.165, 1.54) is 18.0 Å². The highest BCUT2D eigenvalue weighted by atomic mass is 35.5. The predicted octanol–water partition coefficient (Wildman–Crippen LogP) is 1.72. The summed E-state index contributed by atoms with van der Waals surface area (Å²) in [5.41, 5.74) is 0.781. The Morgan fingerprint density at radius 3 is 3.00 bits per heavy atom. The molecule has 3 aromatic heterocycles. The van der Waals surface area contributed by atoms with Crippen molar-refractivity contribution < 1.29 is 0 Å². The first-order valence-electron chi connectivity index (χ1n) is 4.66. The number of rotatable bonds is 2. The van der Waals surface area contributed by atoms with Crippen molar-refractivity contribution >= 4 is 29.0 Å². The van der Waals surface area contributed by atoms with E-state index in [1.54, 1.807) is 0 Å². The molecule has 6 nitrogen and oxygen atoms in total. The van der Waals surface area contributed by atoms with Crippen molar-refractivity contribution in [3.05, 3.63) is 35.9 Å². The van der Waals surface area contributed by atoms with Crippen LogP contribution in [0.1, 0.15) is 0 Å². The zero-order valence-electron chi connectivity index (χ0n) is 8.36. The smallest absolute Gasteiger partial charge is 0.244 e. The molecule has 0 amide bonds. The molecule has 0 aromatic carbocycles. The number of fused-ring (bicyclic) bond motifs is 1. The van der Waals surface area contributed by atoms with Gasteiger partial charge in [-0.05, 0) is 35.5 Å². The van der Waals surface area contributed by atoms with E-state index in [9.17, 15) is 0 Å². The summed E-state index contributed by atoms with van der Waals surface area (Å²) < 4.78 is 1.86. The van der Waals surface area contributed by atoms with E-state index in [-0.39, 0.29) is 5.28 Å². The number of aromatic nitrogens is 6. The quantitative estimate of drug-likeness (QED) is 0.702. The fourth-order valence-electron chi connectivity index (χ4n) is 1.30. The Bertz CT molecular complexity index is 669. The summed E-state index contributed by atoms with van der Waals surface area (Å²) in [6, 6.07) is 5.69. The van der Waals surface area contributed by atoms with E-state index in [0.29, 0.717) is 10.2 Å². The molecule has 0 aliphatic heterocycles. The van der Waals surface area contributed by atoms with Gasteiger partial charge in [-0.2, -0.15) is 5.10 Å². The first-order chi connectivity index (χ1) is 8.33. The summed E-state index contributed by atoms with van der Waals surface area (Å²) >= 11 is 6.99. The summed E-state index contributed by atoms with van der Waals surface area (Å²) in [6.07, 6.45) is 3.41. The molecule has 0 spiro atoms. The fraction of sp³-hybridized carbons (Fsp3) is 0. The summed E-state index contributed by atoms with van der Waals surface area (Å²) in [5, 5.41) is 16.8. The summed E-state index contributed by atoms with van der Waals surface area (Å²) in [5.74, 6) is 0. The maximum Gasteiger partial charge on any atom is 0.244 e. The first kappa shape index (κ1) is 10.4. The average molecular weight is 265 g/mol. The molecule has 3 rings (SSSR count). The number of hydrogen-bond donors (Lipinski definition) is 0. The molecule has 0 aliphatic carbocycles. The lowest BCUT2D eigenvalue weighted by molar-refractivity contribution is 0.884. The van der Waals surface area contributed by atoms with Crippen LogP contribution >= 0.6 is 23.4 Å². The summed E-state index contributed by atoms with van der Waals surface area (Å²) in [7, 11) is 0. The molecule has 0 unspecified atom stereocenters. The summed E-state index contributed by atoms with van der Waals surface area (Å²) in [4.78, 5) is 4.03. The van der Waals surface area contributed by atoms with Crippen LogP contribution in [0.5, 0.6) is 0 Å². The Morgan fingerprint density at radius 1 is 1.18 bits per heavy atom. The Labute approximate surface area is 105 Å². The maximum absolute atomic E-state index is 5.66. The topological polar surface area (TPSA) is 68.9 Å². The molecule has 0 saturated heterocycles. The van der Waals surface area contributed by atoms with Gasteiger partial charge < -0.3 is 0 Å². The van der Waals surface area contributed by atoms with Crippen molar-refractivity contribution in [2.45, 2.75) is 10.2 Å². The van der Waals surface area contributed by atoms with E-state index in [1.807, 2.05) is 28.8 Å². The van der Waals surface area contributed by atoms with Crippen LogP contribution in [0.15, 0.2) is 40.8 Å². The minimum Gasteiger partial charge on any atom is -0.277 e. The van der Waals surface area contributed by atoms with Crippen LogP contribution in [0, 0.1) is 0 Å². The molecule has 0 fully saturated rings. The Morgan fingerprint density at radius 2 is 2.12 bits per heavy atom. The van der Waals surface area contributed by atoms with Crippen molar-refractivity contribution in [2.75, 3.05) is 0 Å². The van der Waals surface area contributed by atoms with Crippen LogP contribution in [-0.2, 0) is 0 Å². The molecule has 0 radical (unpaired) electrons. The van der Waals surface area contributed by atoms with E-state index >= 15 is 0 Å². The molecule has 0 atom stereocenters. The van der Waals surface area contributed by atoms with Crippen molar-refractivity contribution in [1.82, 2.24) is 29.8 Å². The molecule has 3 heterocycles.